The number of ether oxygens (including phenoxy) is 2. The van der Waals surface area contributed by atoms with Gasteiger partial charge in [-0.25, -0.2) is 0 Å². The fourth-order valence-electron chi connectivity index (χ4n) is 1.49. The van der Waals surface area contributed by atoms with Crippen LogP contribution in [0.15, 0.2) is 12.2 Å². The monoisotopic (exact) mass is 215 g/mol. The zero-order valence-electron chi connectivity index (χ0n) is 8.97. The van der Waals surface area contributed by atoms with E-state index < -0.39 is 12.4 Å². The number of rotatable bonds is 4. The molecule has 0 spiro atoms. The minimum absolute atomic E-state index is 0.0475. The Hall–Kier alpha value is -0.910. The normalized spacial score (nSPS) is 25.6. The van der Waals surface area contributed by atoms with Crippen LogP contribution in [-0.4, -0.2) is 43.7 Å². The van der Waals surface area contributed by atoms with Gasteiger partial charge >= 0.3 is 0 Å². The van der Waals surface area contributed by atoms with Crippen LogP contribution in [0.3, 0.4) is 0 Å². The zero-order valence-corrected chi connectivity index (χ0v) is 8.97. The van der Waals surface area contributed by atoms with Crippen molar-refractivity contribution in [3.63, 3.8) is 0 Å². The quantitative estimate of drug-likeness (QED) is 0.503. The first-order valence-corrected chi connectivity index (χ1v) is 4.89. The highest BCUT2D eigenvalue weighted by molar-refractivity contribution is 5.79. The molecule has 0 aromatic carbocycles. The SMILES string of the molecule is COC(OC)C(=O)N[C@H]1C=C[C@H](O)CC1. The summed E-state index contributed by atoms with van der Waals surface area (Å²) < 4.78 is 9.63. The molecule has 0 bridgehead atoms. The van der Waals surface area contributed by atoms with Crippen LogP contribution in [0.2, 0.25) is 0 Å². The molecule has 0 heterocycles. The van der Waals surface area contributed by atoms with Gasteiger partial charge in [0.2, 0.25) is 6.29 Å². The number of hydrogen-bond donors (Lipinski definition) is 2. The van der Waals surface area contributed by atoms with Crippen molar-refractivity contribution in [3.8, 4) is 0 Å². The van der Waals surface area contributed by atoms with Gasteiger partial charge in [0, 0.05) is 20.3 Å². The van der Waals surface area contributed by atoms with E-state index in [-0.39, 0.29) is 11.9 Å². The lowest BCUT2D eigenvalue weighted by Gasteiger charge is -2.22. The largest absolute Gasteiger partial charge is 0.389 e. The van der Waals surface area contributed by atoms with Crippen LogP contribution in [0, 0.1) is 0 Å². The van der Waals surface area contributed by atoms with Gasteiger partial charge in [-0.1, -0.05) is 12.2 Å². The van der Waals surface area contributed by atoms with Crippen LogP contribution in [0.5, 0.6) is 0 Å². The summed E-state index contributed by atoms with van der Waals surface area (Å²) in [4.78, 5) is 11.5. The molecule has 1 aliphatic carbocycles. The highest BCUT2D eigenvalue weighted by Gasteiger charge is 2.21. The molecule has 2 N–H and O–H groups in total. The van der Waals surface area contributed by atoms with Crippen molar-refractivity contribution in [1.82, 2.24) is 5.32 Å². The number of hydrogen-bond acceptors (Lipinski definition) is 4. The lowest BCUT2D eigenvalue weighted by Crippen LogP contribution is -2.43. The summed E-state index contributed by atoms with van der Waals surface area (Å²) in [7, 11) is 2.82. The van der Waals surface area contributed by atoms with Gasteiger partial charge in [0.05, 0.1) is 6.10 Å². The first-order valence-electron chi connectivity index (χ1n) is 4.89. The maximum Gasteiger partial charge on any atom is 0.277 e. The van der Waals surface area contributed by atoms with E-state index in [0.29, 0.717) is 6.42 Å². The highest BCUT2D eigenvalue weighted by Crippen LogP contribution is 2.11. The van der Waals surface area contributed by atoms with E-state index in [1.165, 1.54) is 14.2 Å². The lowest BCUT2D eigenvalue weighted by molar-refractivity contribution is -0.159. The Kier molecular flexibility index (Phi) is 4.74. The molecule has 0 fully saturated rings. The van der Waals surface area contributed by atoms with E-state index in [1.807, 2.05) is 0 Å². The van der Waals surface area contributed by atoms with E-state index in [2.05, 4.69) is 5.32 Å². The molecule has 2 atom stereocenters. The standard InChI is InChI=1S/C10H17NO4/c1-14-10(15-2)9(13)11-7-3-5-8(12)6-4-7/h3,5,7-8,10,12H,4,6H2,1-2H3,(H,11,13)/t7-,8-/m0/s1. The minimum atomic E-state index is -0.870. The van der Waals surface area contributed by atoms with Crippen molar-refractivity contribution in [2.24, 2.45) is 0 Å². The third-order valence-electron chi connectivity index (χ3n) is 2.31. The molecule has 1 aliphatic rings. The Bertz CT molecular complexity index is 238. The molecular formula is C10H17NO4. The molecule has 15 heavy (non-hydrogen) atoms. The molecule has 1 rings (SSSR count). The number of nitrogens with one attached hydrogen (secondary N) is 1. The zero-order chi connectivity index (χ0) is 11.3. The number of aliphatic hydroxyl groups is 1. The molecule has 5 nitrogen and oxygen atoms in total. The predicted octanol–water partition coefficient (Wildman–Crippen LogP) is -0.199. The lowest BCUT2D eigenvalue weighted by atomic mass is 10.0. The van der Waals surface area contributed by atoms with E-state index in [4.69, 9.17) is 9.47 Å². The first-order chi connectivity index (χ1) is 7.17. The average Bonchev–Trinajstić information content (AvgIpc) is 2.23. The van der Waals surface area contributed by atoms with Gasteiger partial charge < -0.3 is 19.9 Å². The van der Waals surface area contributed by atoms with Gasteiger partial charge in [-0.15, -0.1) is 0 Å². The van der Waals surface area contributed by atoms with Crippen LogP contribution in [0.4, 0.5) is 0 Å². The van der Waals surface area contributed by atoms with Crippen LogP contribution in [0.1, 0.15) is 12.8 Å². The smallest absolute Gasteiger partial charge is 0.277 e. The molecule has 0 saturated carbocycles. The van der Waals surface area contributed by atoms with Gasteiger partial charge in [0.25, 0.3) is 5.91 Å². The van der Waals surface area contributed by atoms with E-state index in [9.17, 15) is 9.90 Å². The molecule has 86 valence electrons. The topological polar surface area (TPSA) is 67.8 Å². The molecule has 0 aromatic heterocycles. The molecule has 0 saturated heterocycles. The third kappa shape index (κ3) is 3.62. The fraction of sp³-hybridized carbons (Fsp3) is 0.700. The summed E-state index contributed by atoms with van der Waals surface area (Å²) in [6.07, 6.45) is 3.59. The summed E-state index contributed by atoms with van der Waals surface area (Å²) in [6.45, 7) is 0. The second-order valence-electron chi connectivity index (χ2n) is 3.45. The Morgan fingerprint density at radius 2 is 2.07 bits per heavy atom. The summed E-state index contributed by atoms with van der Waals surface area (Å²) in [5.74, 6) is -0.300. The Morgan fingerprint density at radius 3 is 2.53 bits per heavy atom. The van der Waals surface area contributed by atoms with Crippen molar-refractivity contribution in [2.45, 2.75) is 31.3 Å². The van der Waals surface area contributed by atoms with E-state index >= 15 is 0 Å². The second-order valence-corrected chi connectivity index (χ2v) is 3.45. The fourth-order valence-corrected chi connectivity index (χ4v) is 1.49. The predicted molar refractivity (Wildman–Crippen MR) is 54.1 cm³/mol. The van der Waals surface area contributed by atoms with Crippen LogP contribution in [-0.2, 0) is 14.3 Å². The molecule has 0 unspecified atom stereocenters. The Morgan fingerprint density at radius 1 is 1.40 bits per heavy atom. The van der Waals surface area contributed by atoms with Crippen molar-refractivity contribution in [2.75, 3.05) is 14.2 Å². The summed E-state index contributed by atoms with van der Waals surface area (Å²) >= 11 is 0. The van der Waals surface area contributed by atoms with Crippen LogP contribution < -0.4 is 5.32 Å². The highest BCUT2D eigenvalue weighted by atomic mass is 16.7. The van der Waals surface area contributed by atoms with Gasteiger partial charge in [0.1, 0.15) is 0 Å². The maximum atomic E-state index is 11.5. The molecule has 0 aliphatic heterocycles. The van der Waals surface area contributed by atoms with Gasteiger partial charge in [-0.05, 0) is 12.8 Å². The van der Waals surface area contributed by atoms with Gasteiger partial charge in [-0.2, -0.15) is 0 Å². The van der Waals surface area contributed by atoms with E-state index in [0.717, 1.165) is 6.42 Å². The summed E-state index contributed by atoms with van der Waals surface area (Å²) in [5, 5.41) is 12.0. The van der Waals surface area contributed by atoms with E-state index in [1.54, 1.807) is 12.2 Å². The van der Waals surface area contributed by atoms with Gasteiger partial charge in [0.15, 0.2) is 0 Å². The summed E-state index contributed by atoms with van der Waals surface area (Å²) in [5.41, 5.74) is 0. The number of amides is 1. The molecule has 0 radical (unpaired) electrons. The Labute approximate surface area is 89.1 Å². The molecule has 0 aromatic rings. The maximum absolute atomic E-state index is 11.5. The minimum Gasteiger partial charge on any atom is -0.389 e. The van der Waals surface area contributed by atoms with Crippen molar-refractivity contribution < 1.29 is 19.4 Å². The number of carbonyl (C=O) groups is 1. The second kappa shape index (κ2) is 5.85. The van der Waals surface area contributed by atoms with Crippen molar-refractivity contribution >= 4 is 5.91 Å². The molecule has 1 amide bonds. The van der Waals surface area contributed by atoms with Crippen LogP contribution in [0.25, 0.3) is 0 Å². The third-order valence-corrected chi connectivity index (χ3v) is 2.31. The number of aliphatic hydroxyl groups excluding tert-OH is 1. The van der Waals surface area contributed by atoms with Crippen LogP contribution >= 0.6 is 0 Å². The number of methoxy groups -OCH3 is 2. The molecule has 5 heteroatoms. The summed E-state index contributed by atoms with van der Waals surface area (Å²) in [6, 6.07) is -0.0475. The van der Waals surface area contributed by atoms with Crippen molar-refractivity contribution in [1.29, 1.82) is 0 Å². The van der Waals surface area contributed by atoms with Crippen molar-refractivity contribution in [3.05, 3.63) is 12.2 Å². The number of carbonyl (C=O) groups excluding carboxylic acids is 1. The van der Waals surface area contributed by atoms with Gasteiger partial charge in [-0.3, -0.25) is 4.79 Å². The first kappa shape index (κ1) is 12.2. The molecular weight excluding hydrogens is 198 g/mol. The Balaban J connectivity index is 2.41. The average molecular weight is 215 g/mol.